The predicted octanol–water partition coefficient (Wildman–Crippen LogP) is 3.28. The molecule has 0 atom stereocenters. The van der Waals surface area contributed by atoms with Crippen LogP contribution in [0.4, 0.5) is 10.1 Å². The molecule has 0 spiro atoms. The Labute approximate surface area is 124 Å². The second kappa shape index (κ2) is 10.7. The molecule has 1 rings (SSSR count). The molecule has 0 saturated heterocycles. The highest BCUT2D eigenvalue weighted by Crippen LogP contribution is 2.08. The number of thioether (sulfide) groups is 1. The maximum absolute atomic E-state index is 12.9. The summed E-state index contributed by atoms with van der Waals surface area (Å²) in [6.45, 7) is 1.11. The average molecular weight is 298 g/mol. The smallest absolute Gasteiger partial charge is 0.238 e. The van der Waals surface area contributed by atoms with Gasteiger partial charge in [0.15, 0.2) is 0 Å². The summed E-state index contributed by atoms with van der Waals surface area (Å²) in [5.41, 5.74) is 0.494. The van der Waals surface area contributed by atoms with E-state index in [4.69, 9.17) is 0 Å². The summed E-state index contributed by atoms with van der Waals surface area (Å²) >= 11 is 1.88. The number of benzene rings is 1. The van der Waals surface area contributed by atoms with Crippen molar-refractivity contribution >= 4 is 23.4 Å². The van der Waals surface area contributed by atoms with Gasteiger partial charge in [-0.05, 0) is 49.6 Å². The van der Waals surface area contributed by atoms with Crippen molar-refractivity contribution in [1.82, 2.24) is 5.32 Å². The van der Waals surface area contributed by atoms with Crippen molar-refractivity contribution in [3.63, 3.8) is 0 Å². The molecule has 0 aliphatic heterocycles. The number of hydrogen-bond donors (Lipinski definition) is 2. The highest BCUT2D eigenvalue weighted by molar-refractivity contribution is 7.98. The summed E-state index contributed by atoms with van der Waals surface area (Å²) in [4.78, 5) is 11.6. The first-order valence-corrected chi connectivity index (χ1v) is 8.37. The van der Waals surface area contributed by atoms with E-state index >= 15 is 0 Å². The molecule has 0 aliphatic carbocycles. The van der Waals surface area contributed by atoms with E-state index < -0.39 is 0 Å². The molecule has 0 unspecified atom stereocenters. The third-order valence-corrected chi connectivity index (χ3v) is 3.54. The Morgan fingerprint density at radius 2 is 2.05 bits per heavy atom. The minimum Gasteiger partial charge on any atom is -0.325 e. The van der Waals surface area contributed by atoms with E-state index in [1.54, 1.807) is 12.1 Å². The Morgan fingerprint density at radius 3 is 2.80 bits per heavy atom. The lowest BCUT2D eigenvalue weighted by Gasteiger charge is -2.07. The number of hydrogen-bond acceptors (Lipinski definition) is 3. The van der Waals surface area contributed by atoms with Crippen LogP contribution in [-0.4, -0.2) is 31.0 Å². The topological polar surface area (TPSA) is 41.1 Å². The third kappa shape index (κ3) is 8.17. The van der Waals surface area contributed by atoms with Crippen LogP contribution in [0.15, 0.2) is 24.3 Å². The highest BCUT2D eigenvalue weighted by Gasteiger charge is 2.02. The zero-order chi connectivity index (χ0) is 14.6. The second-order valence-electron chi connectivity index (χ2n) is 4.64. The molecule has 0 radical (unpaired) electrons. The number of halogens is 1. The summed E-state index contributed by atoms with van der Waals surface area (Å²) in [7, 11) is 0. The molecule has 3 nitrogen and oxygen atoms in total. The molecule has 0 saturated carbocycles. The molecule has 0 bridgehead atoms. The summed E-state index contributed by atoms with van der Waals surface area (Å²) in [5, 5.41) is 5.76. The number of anilines is 1. The number of rotatable bonds is 10. The van der Waals surface area contributed by atoms with Crippen LogP contribution in [0, 0.1) is 5.82 Å². The molecule has 5 heteroatoms. The van der Waals surface area contributed by atoms with E-state index in [1.807, 2.05) is 11.8 Å². The largest absolute Gasteiger partial charge is 0.325 e. The average Bonchev–Trinajstić information content (AvgIpc) is 2.42. The standard InChI is InChI=1S/C15H23FN2OS/c1-20-10-5-3-2-4-9-17-12-15(19)18-14-8-6-7-13(16)11-14/h6-8,11,17H,2-5,9-10,12H2,1H3,(H,18,19). The number of carbonyl (C=O) groups excluding carboxylic acids is 1. The van der Waals surface area contributed by atoms with Gasteiger partial charge in [0.25, 0.3) is 0 Å². The van der Waals surface area contributed by atoms with Crippen LogP contribution in [0.2, 0.25) is 0 Å². The zero-order valence-electron chi connectivity index (χ0n) is 12.0. The number of nitrogens with one attached hydrogen (secondary N) is 2. The highest BCUT2D eigenvalue weighted by atomic mass is 32.2. The lowest BCUT2D eigenvalue weighted by molar-refractivity contribution is -0.115. The molecule has 0 heterocycles. The molecule has 0 aromatic heterocycles. The van der Waals surface area contributed by atoms with E-state index in [9.17, 15) is 9.18 Å². The minimum atomic E-state index is -0.346. The Balaban J connectivity index is 2.03. The van der Waals surface area contributed by atoms with Crippen LogP contribution < -0.4 is 10.6 Å². The van der Waals surface area contributed by atoms with Crippen LogP contribution >= 0.6 is 11.8 Å². The Kier molecular flexibility index (Phi) is 9.07. The Morgan fingerprint density at radius 1 is 1.25 bits per heavy atom. The summed E-state index contributed by atoms with van der Waals surface area (Å²) < 4.78 is 12.9. The van der Waals surface area contributed by atoms with Gasteiger partial charge in [-0.25, -0.2) is 4.39 Å². The normalized spacial score (nSPS) is 10.5. The molecule has 1 aromatic rings. The number of amides is 1. The van der Waals surface area contributed by atoms with Crippen molar-refractivity contribution in [2.75, 3.05) is 30.4 Å². The van der Waals surface area contributed by atoms with Gasteiger partial charge in [0.2, 0.25) is 5.91 Å². The SMILES string of the molecule is CSCCCCCCNCC(=O)Nc1cccc(F)c1. The van der Waals surface area contributed by atoms with Crippen LogP contribution in [0.5, 0.6) is 0 Å². The minimum absolute atomic E-state index is 0.141. The van der Waals surface area contributed by atoms with Crippen LogP contribution in [0.25, 0.3) is 0 Å². The Bertz CT molecular complexity index is 401. The first-order valence-electron chi connectivity index (χ1n) is 6.97. The van der Waals surface area contributed by atoms with E-state index in [0.29, 0.717) is 5.69 Å². The van der Waals surface area contributed by atoms with Crippen molar-refractivity contribution in [2.24, 2.45) is 0 Å². The molecule has 1 amide bonds. The lowest BCUT2D eigenvalue weighted by Crippen LogP contribution is -2.28. The zero-order valence-corrected chi connectivity index (χ0v) is 12.8. The molecule has 0 aliphatic rings. The van der Waals surface area contributed by atoms with Crippen molar-refractivity contribution < 1.29 is 9.18 Å². The lowest BCUT2D eigenvalue weighted by atomic mass is 10.2. The van der Waals surface area contributed by atoms with Gasteiger partial charge in [-0.3, -0.25) is 4.79 Å². The molecule has 2 N–H and O–H groups in total. The first-order chi connectivity index (χ1) is 9.72. The monoisotopic (exact) mass is 298 g/mol. The fourth-order valence-electron chi connectivity index (χ4n) is 1.82. The van der Waals surface area contributed by atoms with Crippen molar-refractivity contribution in [1.29, 1.82) is 0 Å². The second-order valence-corrected chi connectivity index (χ2v) is 5.63. The van der Waals surface area contributed by atoms with Crippen LogP contribution in [-0.2, 0) is 4.79 Å². The van der Waals surface area contributed by atoms with Gasteiger partial charge < -0.3 is 10.6 Å². The van der Waals surface area contributed by atoms with Gasteiger partial charge >= 0.3 is 0 Å². The fraction of sp³-hybridized carbons (Fsp3) is 0.533. The fourth-order valence-corrected chi connectivity index (χ4v) is 2.32. The molecule has 112 valence electrons. The van der Waals surface area contributed by atoms with Crippen LogP contribution in [0.1, 0.15) is 25.7 Å². The van der Waals surface area contributed by atoms with Gasteiger partial charge in [0, 0.05) is 5.69 Å². The predicted molar refractivity (Wildman–Crippen MR) is 84.7 cm³/mol. The number of unbranched alkanes of at least 4 members (excludes halogenated alkanes) is 3. The molecule has 20 heavy (non-hydrogen) atoms. The maximum Gasteiger partial charge on any atom is 0.238 e. The third-order valence-electron chi connectivity index (χ3n) is 2.85. The summed E-state index contributed by atoms with van der Waals surface area (Å²) in [5.74, 6) is 0.739. The van der Waals surface area contributed by atoms with Crippen molar-refractivity contribution in [3.8, 4) is 0 Å². The quantitative estimate of drug-likeness (QED) is 0.651. The Hall–Kier alpha value is -1.07. The van der Waals surface area contributed by atoms with E-state index in [1.165, 1.54) is 37.1 Å². The van der Waals surface area contributed by atoms with Gasteiger partial charge in [0.05, 0.1) is 6.54 Å². The maximum atomic E-state index is 12.9. The first kappa shape index (κ1) is 17.0. The van der Waals surface area contributed by atoms with E-state index in [2.05, 4.69) is 16.9 Å². The number of carbonyl (C=O) groups is 1. The van der Waals surface area contributed by atoms with E-state index in [0.717, 1.165) is 13.0 Å². The van der Waals surface area contributed by atoms with Gasteiger partial charge in [-0.15, -0.1) is 0 Å². The van der Waals surface area contributed by atoms with Crippen LogP contribution in [0.3, 0.4) is 0 Å². The molecule has 1 aromatic carbocycles. The van der Waals surface area contributed by atoms with Crippen molar-refractivity contribution in [2.45, 2.75) is 25.7 Å². The van der Waals surface area contributed by atoms with Gasteiger partial charge in [-0.1, -0.05) is 18.9 Å². The molecular weight excluding hydrogens is 275 g/mol. The van der Waals surface area contributed by atoms with Gasteiger partial charge in [-0.2, -0.15) is 11.8 Å². The molecular formula is C15H23FN2OS. The van der Waals surface area contributed by atoms with Gasteiger partial charge in [0.1, 0.15) is 5.82 Å². The van der Waals surface area contributed by atoms with Crippen molar-refractivity contribution in [3.05, 3.63) is 30.1 Å². The molecule has 0 fully saturated rings. The summed E-state index contributed by atoms with van der Waals surface area (Å²) in [6.07, 6.45) is 6.92. The van der Waals surface area contributed by atoms with E-state index in [-0.39, 0.29) is 18.3 Å². The summed E-state index contributed by atoms with van der Waals surface area (Å²) in [6, 6.07) is 5.91.